The lowest BCUT2D eigenvalue weighted by atomic mass is 10.0. The van der Waals surface area contributed by atoms with Crippen LogP contribution in [-0.4, -0.2) is 49.4 Å². The Morgan fingerprint density at radius 1 is 1.39 bits per heavy atom. The van der Waals surface area contributed by atoms with Crippen molar-refractivity contribution in [2.45, 2.75) is 63.5 Å². The summed E-state index contributed by atoms with van der Waals surface area (Å²) in [5, 5.41) is 23.3. The summed E-state index contributed by atoms with van der Waals surface area (Å²) in [6, 6.07) is 3.59. The second-order valence-corrected chi connectivity index (χ2v) is 7.86. The summed E-state index contributed by atoms with van der Waals surface area (Å²) in [4.78, 5) is 25.5. The molecule has 9 heteroatoms. The Hall–Kier alpha value is -2.84. The summed E-state index contributed by atoms with van der Waals surface area (Å²) in [5.74, 6) is 0.973. The normalized spacial score (nSPS) is 22.8. The Morgan fingerprint density at radius 2 is 2.21 bits per heavy atom. The maximum Gasteiger partial charge on any atom is 0.407 e. The number of aromatic nitrogens is 3. The van der Waals surface area contributed by atoms with Crippen LogP contribution in [0.2, 0.25) is 0 Å². The van der Waals surface area contributed by atoms with Gasteiger partial charge in [-0.25, -0.2) is 4.79 Å². The van der Waals surface area contributed by atoms with Crippen LogP contribution >= 0.6 is 0 Å². The number of nitrogens with zero attached hydrogens (tertiary/aromatic N) is 3. The first-order valence-electron chi connectivity index (χ1n) is 9.77. The zero-order chi connectivity index (χ0) is 19.7. The van der Waals surface area contributed by atoms with Gasteiger partial charge in [0.25, 0.3) is 0 Å². The second kappa shape index (κ2) is 7.65. The summed E-state index contributed by atoms with van der Waals surface area (Å²) < 4.78 is 4.72. The fourth-order valence-corrected chi connectivity index (χ4v) is 4.25. The minimum absolute atomic E-state index is 0.0339. The topological polar surface area (TPSA) is 124 Å². The van der Waals surface area contributed by atoms with Gasteiger partial charge in [0, 0.05) is 35.8 Å². The van der Waals surface area contributed by atoms with Crippen LogP contribution < -0.4 is 5.32 Å². The summed E-state index contributed by atoms with van der Waals surface area (Å²) in [6.07, 6.45) is 5.50. The van der Waals surface area contributed by atoms with E-state index in [9.17, 15) is 14.7 Å². The molecule has 2 saturated carbocycles. The Balaban J connectivity index is 1.35. The van der Waals surface area contributed by atoms with E-state index in [2.05, 4.69) is 20.7 Å². The molecule has 28 heavy (non-hydrogen) atoms. The summed E-state index contributed by atoms with van der Waals surface area (Å²) in [7, 11) is 0. The smallest absolute Gasteiger partial charge is 0.407 e. The molecule has 0 aromatic carbocycles. The summed E-state index contributed by atoms with van der Waals surface area (Å²) in [5.41, 5.74) is 1.49. The van der Waals surface area contributed by atoms with Gasteiger partial charge in [0.15, 0.2) is 5.82 Å². The van der Waals surface area contributed by atoms with Gasteiger partial charge in [-0.05, 0) is 44.9 Å². The minimum Gasteiger partial charge on any atom is -0.465 e. The number of nitrogens with one attached hydrogen (secondary N) is 2. The van der Waals surface area contributed by atoms with Crippen LogP contribution in [0.3, 0.4) is 0 Å². The SMILES string of the molecule is C[C@H](C1CC1)N(C(=O)O)C1CCC(c2cc(NC(=O)Cc3ccon3)n[nH]2)C1. The lowest BCUT2D eigenvalue weighted by Crippen LogP contribution is -2.45. The highest BCUT2D eigenvalue weighted by molar-refractivity contribution is 5.91. The number of carbonyl (C=O) groups excluding carboxylic acids is 1. The standard InChI is InChI=1S/C19H25N5O4/c1-11(12-2-3-12)24(19(26)27)15-5-4-13(8-15)16-10-17(22-21-16)20-18(25)9-14-6-7-28-23-14/h6-7,10-13,15H,2-5,8-9H2,1H3,(H,26,27)(H2,20,21,22,25)/t11-,13?,15?/m1/s1. The quantitative estimate of drug-likeness (QED) is 0.671. The molecule has 4 rings (SSSR count). The Morgan fingerprint density at radius 3 is 2.89 bits per heavy atom. The Labute approximate surface area is 162 Å². The molecule has 2 amide bonds. The van der Waals surface area contributed by atoms with Crippen molar-refractivity contribution in [2.75, 3.05) is 5.32 Å². The van der Waals surface area contributed by atoms with Gasteiger partial charge in [0.05, 0.1) is 12.1 Å². The van der Waals surface area contributed by atoms with Gasteiger partial charge in [-0.3, -0.25) is 9.89 Å². The van der Waals surface area contributed by atoms with Crippen LogP contribution in [0.25, 0.3) is 0 Å². The van der Waals surface area contributed by atoms with Crippen LogP contribution in [0, 0.1) is 5.92 Å². The molecule has 2 aromatic heterocycles. The molecule has 2 unspecified atom stereocenters. The van der Waals surface area contributed by atoms with Crippen molar-refractivity contribution in [3.63, 3.8) is 0 Å². The van der Waals surface area contributed by atoms with Crippen molar-refractivity contribution < 1.29 is 19.2 Å². The molecule has 0 aliphatic heterocycles. The average Bonchev–Trinajstić information content (AvgIpc) is 3.01. The molecule has 2 heterocycles. The maximum absolute atomic E-state index is 12.1. The molecular weight excluding hydrogens is 362 g/mol. The number of hydrogen-bond acceptors (Lipinski definition) is 5. The number of aromatic amines is 1. The molecule has 2 aromatic rings. The van der Waals surface area contributed by atoms with Crippen molar-refractivity contribution in [1.82, 2.24) is 20.3 Å². The minimum atomic E-state index is -0.824. The fraction of sp³-hybridized carbons (Fsp3) is 0.579. The second-order valence-electron chi connectivity index (χ2n) is 7.86. The van der Waals surface area contributed by atoms with E-state index in [1.54, 1.807) is 11.0 Å². The number of amides is 2. The maximum atomic E-state index is 12.1. The number of anilines is 1. The molecule has 0 radical (unpaired) electrons. The molecule has 0 spiro atoms. The van der Waals surface area contributed by atoms with Gasteiger partial charge in [-0.2, -0.15) is 5.10 Å². The third-order valence-corrected chi connectivity index (χ3v) is 5.90. The summed E-state index contributed by atoms with van der Waals surface area (Å²) >= 11 is 0. The van der Waals surface area contributed by atoms with Crippen molar-refractivity contribution in [3.8, 4) is 0 Å². The van der Waals surface area contributed by atoms with Gasteiger partial charge in [-0.1, -0.05) is 5.16 Å². The molecule has 3 atom stereocenters. The van der Waals surface area contributed by atoms with E-state index in [0.29, 0.717) is 17.4 Å². The highest BCUT2D eigenvalue weighted by Gasteiger charge is 2.41. The number of rotatable bonds is 7. The molecule has 9 nitrogen and oxygen atoms in total. The Bertz CT molecular complexity index is 829. The van der Waals surface area contributed by atoms with Gasteiger partial charge < -0.3 is 19.8 Å². The van der Waals surface area contributed by atoms with Crippen molar-refractivity contribution in [2.24, 2.45) is 5.92 Å². The van der Waals surface area contributed by atoms with Gasteiger partial charge in [0.2, 0.25) is 5.91 Å². The van der Waals surface area contributed by atoms with Crippen molar-refractivity contribution >= 4 is 17.8 Å². The van der Waals surface area contributed by atoms with Crippen LogP contribution in [0.15, 0.2) is 22.9 Å². The predicted molar refractivity (Wildman–Crippen MR) is 99.9 cm³/mol. The van der Waals surface area contributed by atoms with E-state index >= 15 is 0 Å². The van der Waals surface area contributed by atoms with E-state index < -0.39 is 6.09 Å². The van der Waals surface area contributed by atoms with E-state index in [-0.39, 0.29) is 30.3 Å². The van der Waals surface area contributed by atoms with Crippen LogP contribution in [0.1, 0.15) is 56.3 Å². The van der Waals surface area contributed by atoms with E-state index in [1.165, 1.54) is 6.26 Å². The van der Waals surface area contributed by atoms with Gasteiger partial charge in [-0.15, -0.1) is 0 Å². The molecule has 0 bridgehead atoms. The first-order valence-corrected chi connectivity index (χ1v) is 9.77. The highest BCUT2D eigenvalue weighted by Crippen LogP contribution is 2.41. The molecule has 2 aliphatic rings. The predicted octanol–water partition coefficient (Wildman–Crippen LogP) is 2.99. The molecular formula is C19H25N5O4. The van der Waals surface area contributed by atoms with E-state index in [0.717, 1.165) is 37.8 Å². The third-order valence-electron chi connectivity index (χ3n) is 5.90. The monoisotopic (exact) mass is 387 g/mol. The lowest BCUT2D eigenvalue weighted by Gasteiger charge is -2.32. The molecule has 0 saturated heterocycles. The fourth-order valence-electron chi connectivity index (χ4n) is 4.25. The number of carbonyl (C=O) groups is 2. The molecule has 2 fully saturated rings. The zero-order valence-electron chi connectivity index (χ0n) is 15.8. The van der Waals surface area contributed by atoms with Crippen molar-refractivity contribution in [1.29, 1.82) is 0 Å². The van der Waals surface area contributed by atoms with Crippen LogP contribution in [-0.2, 0) is 11.2 Å². The lowest BCUT2D eigenvalue weighted by molar-refractivity contribution is -0.115. The Kier molecular flexibility index (Phi) is 5.06. The van der Waals surface area contributed by atoms with Gasteiger partial charge >= 0.3 is 6.09 Å². The highest BCUT2D eigenvalue weighted by atomic mass is 16.5. The van der Waals surface area contributed by atoms with E-state index in [4.69, 9.17) is 4.52 Å². The third kappa shape index (κ3) is 4.02. The first kappa shape index (κ1) is 18.5. The molecule has 2 aliphatic carbocycles. The van der Waals surface area contributed by atoms with Crippen molar-refractivity contribution in [3.05, 3.63) is 29.8 Å². The summed E-state index contributed by atoms with van der Waals surface area (Å²) in [6.45, 7) is 2.03. The number of carboxylic acid groups (broad SMARTS) is 1. The van der Waals surface area contributed by atoms with E-state index in [1.807, 2.05) is 13.0 Å². The molecule has 3 N–H and O–H groups in total. The first-order chi connectivity index (χ1) is 13.5. The number of H-pyrrole nitrogens is 1. The van der Waals surface area contributed by atoms with Crippen LogP contribution in [0.4, 0.5) is 10.6 Å². The largest absolute Gasteiger partial charge is 0.465 e. The van der Waals surface area contributed by atoms with Crippen LogP contribution in [0.5, 0.6) is 0 Å². The zero-order valence-corrected chi connectivity index (χ0v) is 15.8. The average molecular weight is 387 g/mol. The number of hydrogen-bond donors (Lipinski definition) is 3. The molecule has 150 valence electrons. The van der Waals surface area contributed by atoms with Gasteiger partial charge in [0.1, 0.15) is 6.26 Å².